The van der Waals surface area contributed by atoms with Crippen LogP contribution in [-0.4, -0.2) is 61.4 Å². The molecule has 0 atom stereocenters. The second-order valence-electron chi connectivity index (χ2n) is 14.7. The normalized spacial score (nSPS) is 15.5. The van der Waals surface area contributed by atoms with E-state index in [-0.39, 0.29) is 5.91 Å². The number of hydrazone groups is 1. The molecule has 3 aliphatic heterocycles. The Morgan fingerprint density at radius 2 is 1.47 bits per heavy atom. The van der Waals surface area contributed by atoms with Crippen LogP contribution in [0.15, 0.2) is 143 Å². The van der Waals surface area contributed by atoms with Crippen LogP contribution in [0.3, 0.4) is 0 Å². The average molecular weight is 817 g/mol. The molecule has 1 spiro atoms. The summed E-state index contributed by atoms with van der Waals surface area (Å²) in [4.78, 5) is 24.8. The van der Waals surface area contributed by atoms with Crippen LogP contribution in [0.2, 0.25) is 0 Å². The SMILES string of the molecule is CCN(CC)c1ccc2c(c1)Oc1cc(N(CC)CC)ccc1C21c2ccccc2C(=O)N1/N=C/c1cc(C2=C/C(=C(/c3ccccc3)c3cccn3B(F)F)N=C2)cs1. The molecular weight excluding hydrogens is 773 g/mol. The van der Waals surface area contributed by atoms with Crippen LogP contribution < -0.4 is 14.5 Å². The molecule has 0 bridgehead atoms. The Labute approximate surface area is 353 Å². The van der Waals surface area contributed by atoms with Gasteiger partial charge in [-0.25, -0.2) is 5.01 Å². The van der Waals surface area contributed by atoms with Crippen LogP contribution in [0, 0.1) is 0 Å². The molecule has 4 aromatic carbocycles. The van der Waals surface area contributed by atoms with E-state index in [1.807, 2.05) is 72.1 Å². The van der Waals surface area contributed by atoms with E-state index in [0.29, 0.717) is 34.0 Å². The highest BCUT2D eigenvalue weighted by Crippen LogP contribution is 2.58. The van der Waals surface area contributed by atoms with Crippen molar-refractivity contribution < 1.29 is 18.2 Å². The van der Waals surface area contributed by atoms with Gasteiger partial charge in [0.05, 0.1) is 11.9 Å². The largest absolute Gasteiger partial charge is 0.677 e. The van der Waals surface area contributed by atoms with E-state index in [1.165, 1.54) is 17.5 Å². The lowest BCUT2D eigenvalue weighted by Gasteiger charge is -2.42. The minimum atomic E-state index is -2.70. The third kappa shape index (κ3) is 6.37. The Balaban J connectivity index is 1.14. The van der Waals surface area contributed by atoms with Gasteiger partial charge in [-0.3, -0.25) is 18.4 Å². The van der Waals surface area contributed by atoms with Crippen molar-refractivity contribution in [3.63, 3.8) is 0 Å². The van der Waals surface area contributed by atoms with Crippen molar-refractivity contribution in [2.75, 3.05) is 36.0 Å². The fraction of sp³-hybridized carbons (Fsp3) is 0.188. The van der Waals surface area contributed by atoms with Gasteiger partial charge in [0.2, 0.25) is 0 Å². The molecule has 0 radical (unpaired) electrons. The molecule has 0 saturated carbocycles. The molecular formula is C48H43BF2N6O2S. The molecule has 8 nitrogen and oxygen atoms in total. The van der Waals surface area contributed by atoms with E-state index in [1.54, 1.807) is 29.6 Å². The van der Waals surface area contributed by atoms with Gasteiger partial charge in [-0.05, 0) is 92.9 Å². The number of benzene rings is 4. The quantitative estimate of drug-likeness (QED) is 0.0912. The number of fused-ring (bicyclic) bond motifs is 6. The summed E-state index contributed by atoms with van der Waals surface area (Å²) in [5.41, 5.74) is 8.18. The molecule has 12 heteroatoms. The molecule has 5 heterocycles. The number of carbonyl (C=O) groups excluding carboxylic acids is 1. The van der Waals surface area contributed by atoms with Crippen LogP contribution in [0.1, 0.15) is 76.4 Å². The minimum Gasteiger partial charge on any atom is -0.456 e. The lowest BCUT2D eigenvalue weighted by Crippen LogP contribution is -2.44. The number of anilines is 2. The number of hydrogen-bond acceptors (Lipinski definition) is 7. The van der Waals surface area contributed by atoms with Gasteiger partial charge < -0.3 is 19.0 Å². The molecule has 0 N–H and O–H groups in total. The summed E-state index contributed by atoms with van der Waals surface area (Å²) in [5, 5.41) is 8.73. The first kappa shape index (κ1) is 39.0. The smallest absolute Gasteiger partial charge is 0.456 e. The number of nitrogens with zero attached hydrogens (tertiary/aromatic N) is 6. The maximum atomic E-state index is 14.7. The number of rotatable bonds is 12. The Kier molecular flexibility index (Phi) is 10.3. The molecule has 6 aromatic rings. The fourth-order valence-electron chi connectivity index (χ4n) is 8.80. The number of carbonyl (C=O) groups is 1. The Morgan fingerprint density at radius 3 is 2.12 bits per heavy atom. The van der Waals surface area contributed by atoms with Gasteiger partial charge in [-0.1, -0.05) is 60.7 Å². The lowest BCUT2D eigenvalue weighted by atomic mass is 9.75. The highest BCUT2D eigenvalue weighted by atomic mass is 32.1. The monoisotopic (exact) mass is 816 g/mol. The van der Waals surface area contributed by atoms with Gasteiger partial charge in [-0.15, -0.1) is 11.3 Å². The molecule has 2 aromatic heterocycles. The summed E-state index contributed by atoms with van der Waals surface area (Å²) in [6, 6.07) is 35.1. The van der Waals surface area contributed by atoms with Crippen molar-refractivity contribution in [3.8, 4) is 11.5 Å². The first-order valence-corrected chi connectivity index (χ1v) is 21.2. The van der Waals surface area contributed by atoms with Crippen molar-refractivity contribution in [3.05, 3.63) is 176 Å². The van der Waals surface area contributed by atoms with Crippen LogP contribution in [0.4, 0.5) is 20.0 Å². The number of aliphatic imine (C=N–C) groups is 1. The van der Waals surface area contributed by atoms with E-state index in [0.717, 1.165) is 80.3 Å². The Hall–Kier alpha value is -6.53. The lowest BCUT2D eigenvalue weighted by molar-refractivity contribution is 0.0675. The van der Waals surface area contributed by atoms with Crippen molar-refractivity contribution in [1.82, 2.24) is 9.49 Å². The average Bonchev–Trinajstić information content (AvgIpc) is 4.10. The summed E-state index contributed by atoms with van der Waals surface area (Å²) in [7, 11) is -2.70. The first-order chi connectivity index (χ1) is 29.3. The van der Waals surface area contributed by atoms with E-state index in [2.05, 4.69) is 73.9 Å². The maximum absolute atomic E-state index is 14.7. The van der Waals surface area contributed by atoms with Gasteiger partial charge in [0.25, 0.3) is 5.91 Å². The van der Waals surface area contributed by atoms with Gasteiger partial charge in [-0.2, -0.15) is 5.10 Å². The topological polar surface area (TPSA) is 65.7 Å². The number of allylic oxidation sites excluding steroid dienone is 2. The zero-order valence-electron chi connectivity index (χ0n) is 33.8. The van der Waals surface area contributed by atoms with E-state index < -0.39 is 12.9 Å². The molecule has 1 amide bonds. The van der Waals surface area contributed by atoms with E-state index in [4.69, 9.17) is 14.8 Å². The number of amides is 1. The molecule has 0 saturated heterocycles. The molecule has 0 unspecified atom stereocenters. The van der Waals surface area contributed by atoms with Crippen LogP contribution in [0.25, 0.3) is 11.1 Å². The number of thiophene rings is 1. The molecule has 0 fully saturated rings. The first-order valence-electron chi connectivity index (χ1n) is 20.3. The van der Waals surface area contributed by atoms with Crippen molar-refractivity contribution in [2.24, 2.45) is 10.1 Å². The zero-order valence-corrected chi connectivity index (χ0v) is 34.7. The summed E-state index contributed by atoms with van der Waals surface area (Å²) < 4.78 is 36.0. The number of halogens is 2. The zero-order chi connectivity index (χ0) is 41.5. The third-order valence-electron chi connectivity index (χ3n) is 11.7. The fourth-order valence-corrected chi connectivity index (χ4v) is 9.57. The van der Waals surface area contributed by atoms with Gasteiger partial charge in [0.1, 0.15) is 17.0 Å². The maximum Gasteiger partial charge on any atom is 0.677 e. The van der Waals surface area contributed by atoms with E-state index in [9.17, 15) is 13.4 Å². The van der Waals surface area contributed by atoms with Crippen molar-refractivity contribution in [1.29, 1.82) is 0 Å². The summed E-state index contributed by atoms with van der Waals surface area (Å²) >= 11 is 1.50. The van der Waals surface area contributed by atoms with Gasteiger partial charge in [0, 0.05) is 99.9 Å². The number of aromatic nitrogens is 1. The predicted octanol–water partition coefficient (Wildman–Crippen LogP) is 10.8. The Morgan fingerprint density at radius 1 is 0.817 bits per heavy atom. The van der Waals surface area contributed by atoms with Gasteiger partial charge in [0.15, 0.2) is 0 Å². The minimum absolute atomic E-state index is 0.208. The van der Waals surface area contributed by atoms with Crippen LogP contribution in [0.5, 0.6) is 11.5 Å². The number of ether oxygens (including phenoxy) is 1. The Bertz CT molecular complexity index is 2670. The second-order valence-corrected chi connectivity index (χ2v) is 15.7. The standard InChI is InChI=1S/C48H43BF2N6O2S/c1-5-54(6-2)35-20-22-40-44(27-35)59-45-28-36(55(7-3)8-4)21-23-41(45)48(40)39-18-13-12-17-38(39)47(58)57(48)53-30-37-25-34(31-60-37)33-26-42(52-29-33)46(32-15-10-9-11-16-32)43-19-14-24-56(43)49(50)51/h9-31H,5-8H2,1-4H3/b46-42+,53-30+. The summed E-state index contributed by atoms with van der Waals surface area (Å²) in [6.07, 6.45) is 6.83. The van der Waals surface area contributed by atoms with Crippen molar-refractivity contribution >= 4 is 59.6 Å². The molecule has 9 rings (SSSR count). The molecule has 0 aliphatic carbocycles. The predicted molar refractivity (Wildman–Crippen MR) is 241 cm³/mol. The highest BCUT2D eigenvalue weighted by molar-refractivity contribution is 7.12. The summed E-state index contributed by atoms with van der Waals surface area (Å²) in [6.45, 7) is 11.9. The van der Waals surface area contributed by atoms with Crippen LogP contribution in [-0.2, 0) is 5.54 Å². The van der Waals surface area contributed by atoms with E-state index >= 15 is 0 Å². The second kappa shape index (κ2) is 15.9. The molecule has 300 valence electrons. The summed E-state index contributed by atoms with van der Waals surface area (Å²) in [5.74, 6) is 1.15. The van der Waals surface area contributed by atoms with Gasteiger partial charge >= 0.3 is 7.40 Å². The number of hydrogen-bond donors (Lipinski definition) is 0. The van der Waals surface area contributed by atoms with Crippen LogP contribution >= 0.6 is 11.3 Å². The molecule has 3 aliphatic rings. The highest BCUT2D eigenvalue weighted by Gasteiger charge is 2.57. The molecule has 60 heavy (non-hydrogen) atoms. The third-order valence-corrected chi connectivity index (χ3v) is 12.6. The van der Waals surface area contributed by atoms with Crippen molar-refractivity contribution in [2.45, 2.75) is 33.2 Å².